The fourth-order valence-electron chi connectivity index (χ4n) is 2.43. The van der Waals surface area contributed by atoms with Gasteiger partial charge < -0.3 is 4.90 Å². The summed E-state index contributed by atoms with van der Waals surface area (Å²) in [5, 5.41) is 0. The Bertz CT molecular complexity index is 456. The molecular formula is C16H23BrN2O. The van der Waals surface area contributed by atoms with Crippen molar-refractivity contribution in [2.45, 2.75) is 27.3 Å². The quantitative estimate of drug-likeness (QED) is 0.826. The van der Waals surface area contributed by atoms with Crippen LogP contribution in [0.5, 0.6) is 0 Å². The zero-order chi connectivity index (χ0) is 14.8. The van der Waals surface area contributed by atoms with Gasteiger partial charge in [-0.15, -0.1) is 0 Å². The molecule has 4 heteroatoms. The van der Waals surface area contributed by atoms with Crippen LogP contribution in [-0.2, 0) is 11.3 Å². The Kier molecular flexibility index (Phi) is 4.86. The molecule has 2 rings (SSSR count). The second-order valence-electron chi connectivity index (χ2n) is 6.44. The Labute approximate surface area is 130 Å². The Morgan fingerprint density at radius 3 is 2.15 bits per heavy atom. The molecule has 1 heterocycles. The molecule has 1 aromatic rings. The molecule has 110 valence electrons. The lowest BCUT2D eigenvalue weighted by Crippen LogP contribution is -2.51. The Morgan fingerprint density at radius 2 is 1.65 bits per heavy atom. The van der Waals surface area contributed by atoms with Crippen LogP contribution in [0.4, 0.5) is 0 Å². The summed E-state index contributed by atoms with van der Waals surface area (Å²) in [4.78, 5) is 16.6. The van der Waals surface area contributed by atoms with Crippen molar-refractivity contribution in [1.29, 1.82) is 0 Å². The minimum absolute atomic E-state index is 0.265. The van der Waals surface area contributed by atoms with Crippen molar-refractivity contribution in [1.82, 2.24) is 9.80 Å². The smallest absolute Gasteiger partial charge is 0.228 e. The maximum absolute atomic E-state index is 12.2. The van der Waals surface area contributed by atoms with E-state index in [9.17, 15) is 4.79 Å². The average molecular weight is 339 g/mol. The van der Waals surface area contributed by atoms with Crippen LogP contribution in [-0.4, -0.2) is 41.9 Å². The lowest BCUT2D eigenvalue weighted by atomic mass is 9.94. The fourth-order valence-corrected chi connectivity index (χ4v) is 2.70. The molecule has 1 aliphatic rings. The summed E-state index contributed by atoms with van der Waals surface area (Å²) in [5.41, 5.74) is 1.05. The molecule has 20 heavy (non-hydrogen) atoms. The van der Waals surface area contributed by atoms with Gasteiger partial charge in [-0.1, -0.05) is 48.8 Å². The summed E-state index contributed by atoms with van der Waals surface area (Å²) in [7, 11) is 0. The van der Waals surface area contributed by atoms with Gasteiger partial charge in [-0.2, -0.15) is 0 Å². The number of halogens is 1. The second-order valence-corrected chi connectivity index (χ2v) is 7.36. The molecule has 0 aromatic heterocycles. The number of amides is 1. The van der Waals surface area contributed by atoms with E-state index in [4.69, 9.17) is 0 Å². The van der Waals surface area contributed by atoms with Gasteiger partial charge in [0.2, 0.25) is 5.91 Å². The minimum Gasteiger partial charge on any atom is -0.340 e. The molecule has 3 nitrogen and oxygen atoms in total. The normalized spacial score (nSPS) is 17.3. The van der Waals surface area contributed by atoms with E-state index >= 15 is 0 Å². The predicted molar refractivity (Wildman–Crippen MR) is 85.5 cm³/mol. The van der Waals surface area contributed by atoms with Gasteiger partial charge in [0.05, 0.1) is 0 Å². The van der Waals surface area contributed by atoms with Crippen LogP contribution < -0.4 is 0 Å². The van der Waals surface area contributed by atoms with E-state index in [-0.39, 0.29) is 11.3 Å². The highest BCUT2D eigenvalue weighted by atomic mass is 79.9. The molecule has 0 aliphatic carbocycles. The third-order valence-corrected chi connectivity index (χ3v) is 4.15. The SMILES string of the molecule is CC(C)(C)C(=O)N1CCN(Cc2ccc(Br)cc2)CC1. The highest BCUT2D eigenvalue weighted by molar-refractivity contribution is 9.10. The molecule has 0 saturated carbocycles. The van der Waals surface area contributed by atoms with Crippen molar-refractivity contribution >= 4 is 21.8 Å². The number of nitrogens with zero attached hydrogens (tertiary/aromatic N) is 2. The zero-order valence-corrected chi connectivity index (χ0v) is 14.1. The van der Waals surface area contributed by atoms with Gasteiger partial charge in [0.15, 0.2) is 0 Å². The third-order valence-electron chi connectivity index (χ3n) is 3.62. The molecule has 0 bridgehead atoms. The van der Waals surface area contributed by atoms with E-state index in [0.29, 0.717) is 0 Å². The highest BCUT2D eigenvalue weighted by Gasteiger charge is 2.29. The first-order valence-corrected chi connectivity index (χ1v) is 7.92. The van der Waals surface area contributed by atoms with Gasteiger partial charge in [0, 0.05) is 42.6 Å². The maximum Gasteiger partial charge on any atom is 0.228 e. The van der Waals surface area contributed by atoms with Gasteiger partial charge in [0.25, 0.3) is 0 Å². The van der Waals surface area contributed by atoms with Crippen LogP contribution in [0.25, 0.3) is 0 Å². The Morgan fingerprint density at radius 1 is 1.10 bits per heavy atom. The number of rotatable bonds is 2. The van der Waals surface area contributed by atoms with E-state index in [1.54, 1.807) is 0 Å². The lowest BCUT2D eigenvalue weighted by Gasteiger charge is -2.37. The third kappa shape index (κ3) is 4.06. The number of piperazine rings is 1. The first-order chi connectivity index (χ1) is 9.36. The van der Waals surface area contributed by atoms with Gasteiger partial charge in [0.1, 0.15) is 0 Å². The van der Waals surface area contributed by atoms with Crippen LogP contribution in [0.2, 0.25) is 0 Å². The van der Waals surface area contributed by atoms with Crippen LogP contribution in [0.15, 0.2) is 28.7 Å². The van der Waals surface area contributed by atoms with Crippen LogP contribution >= 0.6 is 15.9 Å². The summed E-state index contributed by atoms with van der Waals surface area (Å²) >= 11 is 3.46. The van der Waals surface area contributed by atoms with Crippen molar-refractivity contribution < 1.29 is 4.79 Å². The second kappa shape index (κ2) is 6.27. The van der Waals surface area contributed by atoms with Crippen LogP contribution in [0.1, 0.15) is 26.3 Å². The maximum atomic E-state index is 12.2. The molecule has 0 radical (unpaired) electrons. The van der Waals surface area contributed by atoms with Crippen molar-refractivity contribution in [3.05, 3.63) is 34.3 Å². The predicted octanol–water partition coefficient (Wildman–Crippen LogP) is 3.14. The minimum atomic E-state index is -0.270. The summed E-state index contributed by atoms with van der Waals surface area (Å²) < 4.78 is 1.11. The molecule has 1 amide bonds. The van der Waals surface area contributed by atoms with Gasteiger partial charge in [-0.05, 0) is 17.7 Å². The van der Waals surface area contributed by atoms with Crippen LogP contribution in [0, 0.1) is 5.41 Å². The van der Waals surface area contributed by atoms with Gasteiger partial charge in [-0.3, -0.25) is 9.69 Å². The molecule has 1 aromatic carbocycles. The molecule has 0 unspecified atom stereocenters. The van der Waals surface area contributed by atoms with Gasteiger partial charge >= 0.3 is 0 Å². The summed E-state index contributed by atoms with van der Waals surface area (Å²) in [6.45, 7) is 10.5. The van der Waals surface area contributed by atoms with Crippen molar-refractivity contribution in [3.8, 4) is 0 Å². The van der Waals surface area contributed by atoms with Gasteiger partial charge in [-0.25, -0.2) is 0 Å². The number of carbonyl (C=O) groups is 1. The molecule has 0 atom stereocenters. The topological polar surface area (TPSA) is 23.6 Å². The molecule has 0 spiro atoms. The monoisotopic (exact) mass is 338 g/mol. The van der Waals surface area contributed by atoms with E-state index in [2.05, 4.69) is 45.1 Å². The zero-order valence-electron chi connectivity index (χ0n) is 12.5. The number of benzene rings is 1. The molecule has 1 saturated heterocycles. The van der Waals surface area contributed by atoms with Crippen molar-refractivity contribution in [3.63, 3.8) is 0 Å². The first kappa shape index (κ1) is 15.5. The highest BCUT2D eigenvalue weighted by Crippen LogP contribution is 2.19. The van der Waals surface area contributed by atoms with E-state index in [1.165, 1.54) is 5.56 Å². The Balaban J connectivity index is 1.85. The van der Waals surface area contributed by atoms with E-state index < -0.39 is 0 Å². The molecular weight excluding hydrogens is 316 g/mol. The molecule has 0 N–H and O–H groups in total. The average Bonchev–Trinajstić information content (AvgIpc) is 2.40. The number of hydrogen-bond acceptors (Lipinski definition) is 2. The standard InChI is InChI=1S/C16H23BrN2O/c1-16(2,3)15(20)19-10-8-18(9-11-19)12-13-4-6-14(17)7-5-13/h4-7H,8-12H2,1-3H3. The molecule has 1 aliphatic heterocycles. The largest absolute Gasteiger partial charge is 0.340 e. The van der Waals surface area contributed by atoms with E-state index in [0.717, 1.165) is 37.2 Å². The number of hydrogen-bond donors (Lipinski definition) is 0. The van der Waals surface area contributed by atoms with Crippen molar-refractivity contribution in [2.75, 3.05) is 26.2 Å². The van der Waals surface area contributed by atoms with E-state index in [1.807, 2.05) is 25.7 Å². The summed E-state index contributed by atoms with van der Waals surface area (Å²) in [5.74, 6) is 0.265. The van der Waals surface area contributed by atoms with Crippen LogP contribution in [0.3, 0.4) is 0 Å². The first-order valence-electron chi connectivity index (χ1n) is 7.12. The summed E-state index contributed by atoms with van der Waals surface area (Å²) in [6, 6.07) is 8.46. The molecule has 1 fully saturated rings. The Hall–Kier alpha value is -0.870. The van der Waals surface area contributed by atoms with Crippen molar-refractivity contribution in [2.24, 2.45) is 5.41 Å². The lowest BCUT2D eigenvalue weighted by molar-refractivity contribution is -0.141. The number of carbonyl (C=O) groups excluding carboxylic acids is 1. The summed E-state index contributed by atoms with van der Waals surface area (Å²) in [6.07, 6.45) is 0. The fraction of sp³-hybridized carbons (Fsp3) is 0.562.